The molecule has 0 saturated heterocycles. The van der Waals surface area contributed by atoms with Gasteiger partial charge in [-0.15, -0.1) is 24.8 Å². The molecule has 0 aliphatic carbocycles. The van der Waals surface area contributed by atoms with Gasteiger partial charge in [-0.05, 0) is 33.1 Å². The second-order valence-corrected chi connectivity index (χ2v) is 13.0. The summed E-state index contributed by atoms with van der Waals surface area (Å²) in [5, 5.41) is 20.6. The van der Waals surface area contributed by atoms with Gasteiger partial charge in [-0.2, -0.15) is 0 Å². The summed E-state index contributed by atoms with van der Waals surface area (Å²) < 4.78 is 133. The summed E-state index contributed by atoms with van der Waals surface area (Å²) in [6.45, 7) is 11.4. The third-order valence-corrected chi connectivity index (χ3v) is 7.29. The van der Waals surface area contributed by atoms with Crippen molar-refractivity contribution in [2.24, 2.45) is 9.98 Å². The Kier molecular flexibility index (Phi) is 18.3. The first-order valence-corrected chi connectivity index (χ1v) is 14.8. The molecule has 0 unspecified atom stereocenters. The fourth-order valence-corrected chi connectivity index (χ4v) is 4.61. The molecule has 4 aromatic carbocycles. The Bertz CT molecular complexity index is 1780. The summed E-state index contributed by atoms with van der Waals surface area (Å²) in [5.41, 5.74) is -1.03. The van der Waals surface area contributed by atoms with Gasteiger partial charge in [-0.3, -0.25) is 9.98 Å². The van der Waals surface area contributed by atoms with Gasteiger partial charge < -0.3 is 10.2 Å². The molecule has 0 radical (unpaired) electrons. The van der Waals surface area contributed by atoms with Crippen molar-refractivity contribution >= 4 is 48.6 Å². The molecule has 4 nitrogen and oxygen atoms in total. The minimum absolute atomic E-state index is 0. The Morgan fingerprint density at radius 3 is 0.962 bits per heavy atom. The first-order chi connectivity index (χ1) is 23.1. The molecule has 17 heteroatoms. The maximum Gasteiger partial charge on any atom is 0.200 e. The normalized spacial score (nSPS) is 11.5. The maximum absolute atomic E-state index is 13.5. The van der Waals surface area contributed by atoms with Crippen molar-refractivity contribution in [3.8, 4) is 11.5 Å². The second-order valence-electron chi connectivity index (χ2n) is 13.0. The monoisotopic (exact) mass is 834 g/mol. The van der Waals surface area contributed by atoms with Crippen LogP contribution in [0.25, 0.3) is 0 Å². The molecule has 288 valence electrons. The van der Waals surface area contributed by atoms with Crippen LogP contribution in [0.3, 0.4) is 0 Å². The Morgan fingerprint density at radius 2 is 0.717 bits per heavy atom. The molecule has 2 N–H and O–H groups in total. The maximum atomic E-state index is 13.5. The summed E-state index contributed by atoms with van der Waals surface area (Å²) in [5.74, 6) is -20.7. The number of hydrogen-bond acceptors (Lipinski definition) is 4. The van der Waals surface area contributed by atoms with Crippen LogP contribution in [-0.2, 0) is 45.4 Å². The van der Waals surface area contributed by atoms with Gasteiger partial charge >= 0.3 is 0 Å². The van der Waals surface area contributed by atoms with Crippen molar-refractivity contribution in [1.82, 2.24) is 0 Å². The van der Waals surface area contributed by atoms with Crippen LogP contribution < -0.4 is 0 Å². The van der Waals surface area contributed by atoms with Crippen molar-refractivity contribution in [2.75, 3.05) is 0 Å². The zero-order valence-electron chi connectivity index (χ0n) is 28.9. The molecule has 0 fully saturated rings. The molecule has 4 aromatic rings. The van der Waals surface area contributed by atoms with E-state index in [-0.39, 0.29) is 81.7 Å². The van der Waals surface area contributed by atoms with Gasteiger partial charge in [0.15, 0.2) is 46.5 Å². The minimum atomic E-state index is -2.23. The quantitative estimate of drug-likeness (QED) is 0.0668. The van der Waals surface area contributed by atoms with E-state index >= 15 is 0 Å². The number of nitrogens with zero attached hydrogens (tertiary/aromatic N) is 2. The summed E-state index contributed by atoms with van der Waals surface area (Å²) in [6, 6.07) is 10.0. The van der Waals surface area contributed by atoms with E-state index < -0.39 is 69.5 Å². The number of rotatable bonds is 6. The Balaban J connectivity index is 0.000000966. The first kappa shape index (κ1) is 49.4. The summed E-state index contributed by atoms with van der Waals surface area (Å²) in [7, 11) is 0. The number of phenolic OH excluding ortho intramolecular Hbond substituents is 2. The fourth-order valence-electron chi connectivity index (χ4n) is 4.61. The minimum Gasteiger partial charge on any atom is -0.507 e. The van der Waals surface area contributed by atoms with Gasteiger partial charge in [0.2, 0.25) is 11.6 Å². The van der Waals surface area contributed by atoms with Crippen LogP contribution in [0, 0.1) is 58.2 Å². The molecule has 0 atom stereocenters. The number of phenols is 2. The molecular weight excluding hydrogens is 801 g/mol. The standard InChI is InChI=1S/2C18H16F5NO.2ClH.Ti/c2*1-18(2,3)10-6-4-5-9(17(10)25)7-8-24-16-14(22)12(20)11(19)13(21)15(16)23;;;/h2*4-6,8,25H,7H2,1-3H3;2*1H;. The van der Waals surface area contributed by atoms with Gasteiger partial charge in [0, 0.05) is 47.0 Å². The number of aromatic hydroxyl groups is 2. The van der Waals surface area contributed by atoms with E-state index in [0.29, 0.717) is 22.3 Å². The van der Waals surface area contributed by atoms with Crippen molar-refractivity contribution in [3.05, 3.63) is 117 Å². The van der Waals surface area contributed by atoms with Gasteiger partial charge in [0.25, 0.3) is 0 Å². The SMILES string of the molecule is CC(C)(C)c1cccc(CC=Nc2c(F)c(F)c(F)c(F)c2F)c1O.CC(C)(C)c1cccc(CC=Nc2c(F)c(F)c(F)c(F)c2F)c1O.Cl.Cl.[Ti]. The van der Waals surface area contributed by atoms with Crippen molar-refractivity contribution in [3.63, 3.8) is 0 Å². The molecule has 0 aliphatic rings. The predicted molar refractivity (Wildman–Crippen MR) is 184 cm³/mol. The van der Waals surface area contributed by atoms with Crippen molar-refractivity contribution in [1.29, 1.82) is 0 Å². The van der Waals surface area contributed by atoms with Crippen LogP contribution in [0.4, 0.5) is 55.3 Å². The molecule has 53 heavy (non-hydrogen) atoms. The van der Waals surface area contributed by atoms with Crippen LogP contribution in [0.1, 0.15) is 63.8 Å². The van der Waals surface area contributed by atoms with Gasteiger partial charge in [0.05, 0.1) is 0 Å². The summed E-state index contributed by atoms with van der Waals surface area (Å²) >= 11 is 0. The molecule has 4 rings (SSSR count). The number of para-hydroxylation sites is 2. The van der Waals surface area contributed by atoms with Crippen LogP contribution in [0.15, 0.2) is 46.4 Å². The summed E-state index contributed by atoms with van der Waals surface area (Å²) in [6.07, 6.45) is 1.88. The average molecular weight is 835 g/mol. The van der Waals surface area contributed by atoms with Crippen molar-refractivity contribution in [2.45, 2.75) is 65.2 Å². The third-order valence-electron chi connectivity index (χ3n) is 7.29. The molecular formula is C36H34Cl2F10N2O2Ti. The van der Waals surface area contributed by atoms with E-state index in [9.17, 15) is 54.1 Å². The smallest absolute Gasteiger partial charge is 0.200 e. The Labute approximate surface area is 326 Å². The van der Waals surface area contributed by atoms with E-state index in [0.717, 1.165) is 12.4 Å². The topological polar surface area (TPSA) is 65.2 Å². The van der Waals surface area contributed by atoms with E-state index in [2.05, 4.69) is 9.98 Å². The number of hydrogen-bond donors (Lipinski definition) is 2. The Hall–Kier alpha value is -3.59. The predicted octanol–water partition coefficient (Wildman–Crippen LogP) is 11.5. The molecule has 0 bridgehead atoms. The summed E-state index contributed by atoms with van der Waals surface area (Å²) in [4.78, 5) is 6.73. The molecule has 0 aliphatic heterocycles. The van der Waals surface area contributed by atoms with E-state index in [1.165, 1.54) is 0 Å². The molecule has 0 amide bonds. The molecule has 0 saturated carbocycles. The van der Waals surface area contributed by atoms with Crippen LogP contribution in [-0.4, -0.2) is 22.6 Å². The second kappa shape index (κ2) is 19.7. The average Bonchev–Trinajstić information content (AvgIpc) is 3.04. The zero-order valence-corrected chi connectivity index (χ0v) is 32.1. The number of benzene rings is 4. The molecule has 0 aromatic heterocycles. The van der Waals surface area contributed by atoms with E-state index in [1.54, 1.807) is 36.4 Å². The van der Waals surface area contributed by atoms with Gasteiger partial charge in [-0.1, -0.05) is 77.9 Å². The molecule has 0 heterocycles. The Morgan fingerprint density at radius 1 is 0.472 bits per heavy atom. The third kappa shape index (κ3) is 11.2. The first-order valence-electron chi connectivity index (χ1n) is 14.8. The number of halogens is 12. The molecule has 0 spiro atoms. The van der Waals surface area contributed by atoms with E-state index in [4.69, 9.17) is 0 Å². The van der Waals surface area contributed by atoms with Crippen LogP contribution in [0.2, 0.25) is 0 Å². The van der Waals surface area contributed by atoms with Crippen LogP contribution >= 0.6 is 24.8 Å². The van der Waals surface area contributed by atoms with Gasteiger partial charge in [0.1, 0.15) is 22.9 Å². The zero-order chi connectivity index (χ0) is 37.9. The number of aliphatic imine (C=N–C) groups is 2. The fraction of sp³-hybridized carbons (Fsp3) is 0.278. The largest absolute Gasteiger partial charge is 0.507 e. The van der Waals surface area contributed by atoms with Crippen molar-refractivity contribution < 1.29 is 75.8 Å². The van der Waals surface area contributed by atoms with Crippen LogP contribution in [0.5, 0.6) is 11.5 Å². The van der Waals surface area contributed by atoms with Gasteiger partial charge in [-0.25, -0.2) is 43.9 Å². The van der Waals surface area contributed by atoms with E-state index in [1.807, 2.05) is 41.5 Å².